The van der Waals surface area contributed by atoms with E-state index in [0.717, 1.165) is 5.56 Å². The number of aromatic nitrogens is 2. The molecule has 0 amide bonds. The summed E-state index contributed by atoms with van der Waals surface area (Å²) in [7, 11) is 0. The van der Waals surface area contributed by atoms with Crippen molar-refractivity contribution in [3.8, 4) is 11.5 Å². The number of carbonyl (C=O) groups is 1. The minimum absolute atomic E-state index is 0.334. The standard InChI is InChI=1S/C11H10N2O3/c1-2-15-11(14)9-5-3-8(4-6-9)10-13-12-7-16-10/h3-7H,2H2,1H3. The van der Waals surface area contributed by atoms with Crippen LogP contribution in [0, 0.1) is 0 Å². The lowest BCUT2D eigenvalue weighted by Gasteiger charge is -2.01. The van der Waals surface area contributed by atoms with Crippen LogP contribution in [0.1, 0.15) is 17.3 Å². The zero-order chi connectivity index (χ0) is 11.4. The summed E-state index contributed by atoms with van der Waals surface area (Å²) in [5.74, 6) is 0.0926. The SMILES string of the molecule is CCOC(=O)c1ccc(-c2nnco2)cc1. The fourth-order valence-corrected chi connectivity index (χ4v) is 1.26. The van der Waals surface area contributed by atoms with E-state index in [9.17, 15) is 4.79 Å². The number of ether oxygens (including phenoxy) is 1. The number of esters is 1. The third-order valence-corrected chi connectivity index (χ3v) is 2.00. The highest BCUT2D eigenvalue weighted by molar-refractivity contribution is 5.89. The molecular weight excluding hydrogens is 208 g/mol. The summed E-state index contributed by atoms with van der Waals surface area (Å²) in [5, 5.41) is 7.34. The van der Waals surface area contributed by atoms with Crippen LogP contribution in [0.15, 0.2) is 35.1 Å². The van der Waals surface area contributed by atoms with E-state index in [1.807, 2.05) is 0 Å². The first kappa shape index (κ1) is 10.4. The molecule has 2 rings (SSSR count). The summed E-state index contributed by atoms with van der Waals surface area (Å²) in [4.78, 5) is 11.4. The maximum Gasteiger partial charge on any atom is 0.338 e. The molecule has 0 atom stereocenters. The molecule has 0 radical (unpaired) electrons. The van der Waals surface area contributed by atoms with Crippen molar-refractivity contribution in [3.05, 3.63) is 36.2 Å². The van der Waals surface area contributed by atoms with Crippen molar-refractivity contribution in [1.82, 2.24) is 10.2 Å². The van der Waals surface area contributed by atoms with Crippen molar-refractivity contribution in [1.29, 1.82) is 0 Å². The highest BCUT2D eigenvalue weighted by atomic mass is 16.5. The molecule has 0 saturated carbocycles. The van der Waals surface area contributed by atoms with Gasteiger partial charge < -0.3 is 9.15 Å². The largest absolute Gasteiger partial charge is 0.462 e. The average Bonchev–Trinajstić information content (AvgIpc) is 2.83. The summed E-state index contributed by atoms with van der Waals surface area (Å²) >= 11 is 0. The van der Waals surface area contributed by atoms with Gasteiger partial charge in [-0.2, -0.15) is 0 Å². The van der Waals surface area contributed by atoms with Crippen LogP contribution in [0.2, 0.25) is 0 Å². The van der Waals surface area contributed by atoms with E-state index < -0.39 is 0 Å². The summed E-state index contributed by atoms with van der Waals surface area (Å²) in [5.41, 5.74) is 1.27. The van der Waals surface area contributed by atoms with Crippen molar-refractivity contribution in [2.24, 2.45) is 0 Å². The monoisotopic (exact) mass is 218 g/mol. The van der Waals surface area contributed by atoms with Crippen molar-refractivity contribution in [2.45, 2.75) is 6.92 Å². The highest BCUT2D eigenvalue weighted by Gasteiger charge is 2.08. The van der Waals surface area contributed by atoms with Crippen LogP contribution < -0.4 is 0 Å². The normalized spacial score (nSPS) is 10.1. The molecule has 0 saturated heterocycles. The van der Waals surface area contributed by atoms with Gasteiger partial charge in [-0.05, 0) is 31.2 Å². The van der Waals surface area contributed by atoms with Gasteiger partial charge in [0, 0.05) is 5.56 Å². The van der Waals surface area contributed by atoms with Gasteiger partial charge in [-0.1, -0.05) is 0 Å². The number of carbonyl (C=O) groups excluding carboxylic acids is 1. The summed E-state index contributed by atoms with van der Waals surface area (Å²) in [6.07, 6.45) is 1.26. The van der Waals surface area contributed by atoms with Crippen LogP contribution >= 0.6 is 0 Å². The molecule has 0 aliphatic rings. The number of hydrogen-bond acceptors (Lipinski definition) is 5. The minimum atomic E-state index is -0.334. The Morgan fingerprint density at radius 3 is 2.69 bits per heavy atom. The Morgan fingerprint density at radius 2 is 2.12 bits per heavy atom. The van der Waals surface area contributed by atoms with E-state index in [1.165, 1.54) is 6.39 Å². The Hall–Kier alpha value is -2.17. The number of hydrogen-bond donors (Lipinski definition) is 0. The van der Waals surface area contributed by atoms with Crippen LogP contribution in [0.5, 0.6) is 0 Å². The molecule has 0 spiro atoms. The molecule has 0 aliphatic carbocycles. The predicted octanol–water partition coefficient (Wildman–Crippen LogP) is 1.91. The molecule has 0 N–H and O–H groups in total. The van der Waals surface area contributed by atoms with Gasteiger partial charge in [0.15, 0.2) is 0 Å². The smallest absolute Gasteiger partial charge is 0.338 e. The predicted molar refractivity (Wildman–Crippen MR) is 55.7 cm³/mol. The lowest BCUT2D eigenvalue weighted by atomic mass is 10.1. The van der Waals surface area contributed by atoms with Crippen LogP contribution in [-0.4, -0.2) is 22.8 Å². The molecule has 0 fully saturated rings. The van der Waals surface area contributed by atoms with Gasteiger partial charge >= 0.3 is 5.97 Å². The summed E-state index contributed by atoms with van der Waals surface area (Å²) in [6, 6.07) is 6.80. The first-order valence-corrected chi connectivity index (χ1v) is 4.85. The van der Waals surface area contributed by atoms with Gasteiger partial charge in [0.2, 0.25) is 12.3 Å². The van der Waals surface area contributed by atoms with Gasteiger partial charge in [-0.25, -0.2) is 4.79 Å². The van der Waals surface area contributed by atoms with Crippen molar-refractivity contribution in [3.63, 3.8) is 0 Å². The van der Waals surface area contributed by atoms with Gasteiger partial charge in [-0.15, -0.1) is 10.2 Å². The lowest BCUT2D eigenvalue weighted by Crippen LogP contribution is -2.03. The molecule has 0 aliphatic heterocycles. The second-order valence-corrected chi connectivity index (χ2v) is 3.04. The van der Waals surface area contributed by atoms with Crippen molar-refractivity contribution >= 4 is 5.97 Å². The molecule has 0 unspecified atom stereocenters. The van der Waals surface area contributed by atoms with E-state index in [-0.39, 0.29) is 5.97 Å². The first-order valence-electron chi connectivity index (χ1n) is 4.85. The van der Waals surface area contributed by atoms with Gasteiger partial charge in [-0.3, -0.25) is 0 Å². The molecule has 0 bridgehead atoms. The lowest BCUT2D eigenvalue weighted by molar-refractivity contribution is 0.0526. The number of nitrogens with zero attached hydrogens (tertiary/aromatic N) is 2. The van der Waals surface area contributed by atoms with E-state index in [4.69, 9.17) is 9.15 Å². The second-order valence-electron chi connectivity index (χ2n) is 3.04. The van der Waals surface area contributed by atoms with Gasteiger partial charge in [0.1, 0.15) is 0 Å². The Morgan fingerprint density at radius 1 is 1.38 bits per heavy atom. The Balaban J connectivity index is 2.20. The zero-order valence-electron chi connectivity index (χ0n) is 8.71. The molecule has 1 heterocycles. The topological polar surface area (TPSA) is 65.2 Å². The number of benzene rings is 1. The Labute approximate surface area is 92.1 Å². The third-order valence-electron chi connectivity index (χ3n) is 2.00. The maximum atomic E-state index is 11.4. The summed E-state index contributed by atoms with van der Waals surface area (Å²) in [6.45, 7) is 2.13. The molecule has 5 nitrogen and oxygen atoms in total. The fourth-order valence-electron chi connectivity index (χ4n) is 1.26. The average molecular weight is 218 g/mol. The molecular formula is C11H10N2O3. The molecule has 2 aromatic rings. The van der Waals surface area contributed by atoms with Crippen LogP contribution in [-0.2, 0) is 4.74 Å². The van der Waals surface area contributed by atoms with E-state index in [0.29, 0.717) is 18.1 Å². The van der Waals surface area contributed by atoms with Crippen molar-refractivity contribution in [2.75, 3.05) is 6.61 Å². The van der Waals surface area contributed by atoms with Gasteiger partial charge in [0.25, 0.3) is 0 Å². The molecule has 82 valence electrons. The molecule has 16 heavy (non-hydrogen) atoms. The van der Waals surface area contributed by atoms with Crippen LogP contribution in [0.3, 0.4) is 0 Å². The zero-order valence-corrected chi connectivity index (χ0v) is 8.71. The summed E-state index contributed by atoms with van der Waals surface area (Å²) < 4.78 is 9.90. The van der Waals surface area contributed by atoms with E-state index >= 15 is 0 Å². The quantitative estimate of drug-likeness (QED) is 0.736. The van der Waals surface area contributed by atoms with E-state index in [1.54, 1.807) is 31.2 Å². The van der Waals surface area contributed by atoms with Gasteiger partial charge in [0.05, 0.1) is 12.2 Å². The number of rotatable bonds is 3. The fraction of sp³-hybridized carbons (Fsp3) is 0.182. The minimum Gasteiger partial charge on any atom is -0.462 e. The molecule has 5 heteroatoms. The Bertz CT molecular complexity index is 462. The van der Waals surface area contributed by atoms with Crippen molar-refractivity contribution < 1.29 is 13.9 Å². The highest BCUT2D eigenvalue weighted by Crippen LogP contribution is 2.16. The van der Waals surface area contributed by atoms with E-state index in [2.05, 4.69) is 10.2 Å². The second kappa shape index (κ2) is 4.57. The van der Waals surface area contributed by atoms with Crippen LogP contribution in [0.4, 0.5) is 0 Å². The van der Waals surface area contributed by atoms with Crippen LogP contribution in [0.25, 0.3) is 11.5 Å². The maximum absolute atomic E-state index is 11.4. The molecule has 1 aromatic heterocycles. The Kier molecular flexibility index (Phi) is 2.95. The third kappa shape index (κ3) is 2.08. The first-order chi connectivity index (χ1) is 7.81. The molecule has 1 aromatic carbocycles.